The molecular formula is C17H30O2. The third kappa shape index (κ3) is 15.0. The summed E-state index contributed by atoms with van der Waals surface area (Å²) in [4.78, 5) is 10.8. The van der Waals surface area contributed by atoms with Crippen LogP contribution >= 0.6 is 0 Å². The minimum Gasteiger partial charge on any atom is -0.469 e. The summed E-state index contributed by atoms with van der Waals surface area (Å²) in [5.41, 5.74) is 0. The number of methoxy groups -OCH3 is 1. The van der Waals surface area contributed by atoms with Crippen molar-refractivity contribution < 1.29 is 9.53 Å². The molecule has 0 aromatic heterocycles. The number of esters is 1. The Morgan fingerprint density at radius 1 is 0.842 bits per heavy atom. The first-order valence-corrected chi connectivity index (χ1v) is 7.83. The largest absolute Gasteiger partial charge is 0.469 e. The maximum atomic E-state index is 10.8. The highest BCUT2D eigenvalue weighted by Gasteiger charge is 1.95. The molecule has 0 atom stereocenters. The van der Waals surface area contributed by atoms with Crippen molar-refractivity contribution in [3.63, 3.8) is 0 Å². The second-order valence-corrected chi connectivity index (χ2v) is 5.01. The number of hydrogen-bond acceptors (Lipinski definition) is 2. The zero-order chi connectivity index (χ0) is 14.2. The van der Waals surface area contributed by atoms with E-state index in [1.807, 2.05) is 0 Å². The van der Waals surface area contributed by atoms with Crippen molar-refractivity contribution in [3.8, 4) is 11.8 Å². The van der Waals surface area contributed by atoms with E-state index in [9.17, 15) is 4.79 Å². The van der Waals surface area contributed by atoms with E-state index in [2.05, 4.69) is 23.5 Å². The first-order valence-electron chi connectivity index (χ1n) is 7.83. The van der Waals surface area contributed by atoms with Crippen LogP contribution < -0.4 is 0 Å². The summed E-state index contributed by atoms with van der Waals surface area (Å²) in [7, 11) is 1.41. The lowest BCUT2D eigenvalue weighted by Crippen LogP contribution is -1.98. The lowest BCUT2D eigenvalue weighted by Gasteiger charge is -2.00. The van der Waals surface area contributed by atoms with E-state index in [1.54, 1.807) is 0 Å². The van der Waals surface area contributed by atoms with Crippen LogP contribution in [0, 0.1) is 11.8 Å². The molecule has 0 bridgehead atoms. The number of carbonyl (C=O) groups excluding carboxylic acids is 1. The van der Waals surface area contributed by atoms with Crippen molar-refractivity contribution in [3.05, 3.63) is 0 Å². The van der Waals surface area contributed by atoms with Gasteiger partial charge >= 0.3 is 5.97 Å². The molecule has 0 aliphatic carbocycles. The van der Waals surface area contributed by atoms with E-state index in [0.717, 1.165) is 6.42 Å². The van der Waals surface area contributed by atoms with Crippen molar-refractivity contribution in [2.75, 3.05) is 7.11 Å². The molecule has 2 nitrogen and oxygen atoms in total. The normalized spacial score (nSPS) is 9.79. The molecule has 0 N–H and O–H groups in total. The van der Waals surface area contributed by atoms with E-state index >= 15 is 0 Å². The van der Waals surface area contributed by atoms with Gasteiger partial charge in [-0.25, -0.2) is 0 Å². The highest BCUT2D eigenvalue weighted by atomic mass is 16.5. The second kappa shape index (κ2) is 15.1. The molecule has 110 valence electrons. The molecule has 0 aromatic carbocycles. The van der Waals surface area contributed by atoms with Gasteiger partial charge < -0.3 is 4.74 Å². The van der Waals surface area contributed by atoms with Gasteiger partial charge in [0.25, 0.3) is 0 Å². The van der Waals surface area contributed by atoms with E-state index in [0.29, 0.717) is 12.8 Å². The molecule has 0 rings (SSSR count). The quantitative estimate of drug-likeness (QED) is 0.303. The molecule has 0 spiro atoms. The summed E-state index contributed by atoms with van der Waals surface area (Å²) >= 11 is 0. The SMILES string of the molecule is CCCCCCCCCCCC#CCCC(=O)OC. The fourth-order valence-corrected chi connectivity index (χ4v) is 1.97. The first-order chi connectivity index (χ1) is 9.31. The van der Waals surface area contributed by atoms with Gasteiger partial charge in [-0.3, -0.25) is 4.79 Å². The maximum absolute atomic E-state index is 10.8. The van der Waals surface area contributed by atoms with E-state index in [1.165, 1.54) is 64.9 Å². The standard InChI is InChI=1S/C17H30O2/c1-3-4-5-6-7-8-9-10-11-12-13-14-15-16-17(18)19-2/h3-12,15-16H2,1-2H3. The number of hydrogen-bond donors (Lipinski definition) is 0. The van der Waals surface area contributed by atoms with Gasteiger partial charge in [0.15, 0.2) is 0 Å². The van der Waals surface area contributed by atoms with Crippen molar-refractivity contribution >= 4 is 5.97 Å². The van der Waals surface area contributed by atoms with Gasteiger partial charge in [-0.05, 0) is 6.42 Å². The van der Waals surface area contributed by atoms with Gasteiger partial charge in [-0.1, -0.05) is 58.3 Å². The van der Waals surface area contributed by atoms with Gasteiger partial charge in [0.2, 0.25) is 0 Å². The molecule has 19 heavy (non-hydrogen) atoms. The lowest BCUT2D eigenvalue weighted by atomic mass is 10.1. The fraction of sp³-hybridized carbons (Fsp3) is 0.824. The Kier molecular flexibility index (Phi) is 14.3. The third-order valence-corrected chi connectivity index (χ3v) is 3.21. The molecule has 0 fully saturated rings. The summed E-state index contributed by atoms with van der Waals surface area (Å²) in [6.07, 6.45) is 14.1. The highest BCUT2D eigenvalue weighted by Crippen LogP contribution is 2.10. The Labute approximate surface area is 119 Å². The van der Waals surface area contributed by atoms with Crippen LogP contribution in [0.25, 0.3) is 0 Å². The molecule has 0 aliphatic rings. The van der Waals surface area contributed by atoms with Crippen LogP contribution in [0.5, 0.6) is 0 Å². The number of ether oxygens (including phenoxy) is 1. The van der Waals surface area contributed by atoms with E-state index in [4.69, 9.17) is 0 Å². The Morgan fingerprint density at radius 3 is 1.95 bits per heavy atom. The third-order valence-electron chi connectivity index (χ3n) is 3.21. The molecule has 0 heterocycles. The van der Waals surface area contributed by atoms with Crippen LogP contribution in [-0.2, 0) is 9.53 Å². The Bertz CT molecular complexity index is 260. The molecular weight excluding hydrogens is 236 g/mol. The zero-order valence-electron chi connectivity index (χ0n) is 12.8. The smallest absolute Gasteiger partial charge is 0.306 e. The molecule has 0 saturated heterocycles. The van der Waals surface area contributed by atoms with Gasteiger partial charge in [-0.2, -0.15) is 0 Å². The molecule has 0 aromatic rings. The fourth-order valence-electron chi connectivity index (χ4n) is 1.97. The van der Waals surface area contributed by atoms with E-state index in [-0.39, 0.29) is 5.97 Å². The van der Waals surface area contributed by atoms with Gasteiger partial charge in [-0.15, -0.1) is 11.8 Å². The Morgan fingerprint density at radius 2 is 1.37 bits per heavy atom. The first kappa shape index (κ1) is 18.0. The highest BCUT2D eigenvalue weighted by molar-refractivity contribution is 5.69. The number of carbonyl (C=O) groups is 1. The zero-order valence-corrected chi connectivity index (χ0v) is 12.8. The molecule has 0 saturated carbocycles. The van der Waals surface area contributed by atoms with Crippen LogP contribution in [0.1, 0.15) is 84.0 Å². The minimum atomic E-state index is -0.169. The van der Waals surface area contributed by atoms with E-state index < -0.39 is 0 Å². The lowest BCUT2D eigenvalue weighted by molar-refractivity contribution is -0.140. The van der Waals surface area contributed by atoms with Gasteiger partial charge in [0.05, 0.1) is 13.5 Å². The minimum absolute atomic E-state index is 0.169. The van der Waals surface area contributed by atoms with Crippen LogP contribution in [0.15, 0.2) is 0 Å². The average Bonchev–Trinajstić information content (AvgIpc) is 2.43. The van der Waals surface area contributed by atoms with Crippen LogP contribution in [0.4, 0.5) is 0 Å². The number of rotatable bonds is 11. The van der Waals surface area contributed by atoms with Crippen molar-refractivity contribution in [1.29, 1.82) is 0 Å². The molecule has 0 aliphatic heterocycles. The summed E-state index contributed by atoms with van der Waals surface area (Å²) in [5.74, 6) is 5.98. The average molecular weight is 266 g/mol. The molecule has 0 radical (unpaired) electrons. The molecule has 0 amide bonds. The summed E-state index contributed by atoms with van der Waals surface area (Å²) in [6.45, 7) is 2.26. The van der Waals surface area contributed by atoms with Crippen molar-refractivity contribution in [2.24, 2.45) is 0 Å². The Balaban J connectivity index is 3.14. The summed E-state index contributed by atoms with van der Waals surface area (Å²) < 4.78 is 4.55. The predicted octanol–water partition coefficient (Wildman–Crippen LogP) is 4.86. The molecule has 2 heteroatoms. The van der Waals surface area contributed by atoms with Crippen LogP contribution in [0.3, 0.4) is 0 Å². The van der Waals surface area contributed by atoms with Gasteiger partial charge in [0.1, 0.15) is 0 Å². The summed E-state index contributed by atoms with van der Waals surface area (Å²) in [5, 5.41) is 0. The predicted molar refractivity (Wildman–Crippen MR) is 80.9 cm³/mol. The number of unbranched alkanes of at least 4 members (excludes halogenated alkanes) is 9. The summed E-state index contributed by atoms with van der Waals surface area (Å²) in [6, 6.07) is 0. The van der Waals surface area contributed by atoms with Crippen molar-refractivity contribution in [2.45, 2.75) is 84.0 Å². The van der Waals surface area contributed by atoms with Crippen molar-refractivity contribution in [1.82, 2.24) is 0 Å². The van der Waals surface area contributed by atoms with Crippen LogP contribution in [0.2, 0.25) is 0 Å². The van der Waals surface area contributed by atoms with Gasteiger partial charge in [0, 0.05) is 12.8 Å². The second-order valence-electron chi connectivity index (χ2n) is 5.01. The molecule has 0 unspecified atom stereocenters. The maximum Gasteiger partial charge on any atom is 0.306 e. The van der Waals surface area contributed by atoms with Crippen LogP contribution in [-0.4, -0.2) is 13.1 Å². The Hall–Kier alpha value is -0.970. The monoisotopic (exact) mass is 266 g/mol. The topological polar surface area (TPSA) is 26.3 Å².